The van der Waals surface area contributed by atoms with Crippen LogP contribution < -0.4 is 0 Å². The lowest BCUT2D eigenvalue weighted by Crippen LogP contribution is -2.11. The Morgan fingerprint density at radius 3 is 1.61 bits per heavy atom. The van der Waals surface area contributed by atoms with E-state index in [-0.39, 0.29) is 19.1 Å². The minimum absolute atomic E-state index is 0.0215. The number of hydrogen-bond donors (Lipinski definition) is 2. The van der Waals surface area contributed by atoms with Crippen LogP contribution in [-0.4, -0.2) is 23.4 Å². The predicted octanol–water partition coefficient (Wildman–Crippen LogP) is 6.01. The van der Waals surface area contributed by atoms with Crippen LogP contribution in [0.15, 0.2) is 11.6 Å². The highest BCUT2D eigenvalue weighted by atomic mass is 16.3. The van der Waals surface area contributed by atoms with Gasteiger partial charge in [-0.05, 0) is 26.2 Å². The van der Waals surface area contributed by atoms with E-state index in [4.69, 9.17) is 10.2 Å². The molecule has 0 aromatic carbocycles. The van der Waals surface area contributed by atoms with Crippen molar-refractivity contribution in [1.29, 1.82) is 0 Å². The highest BCUT2D eigenvalue weighted by Crippen LogP contribution is 2.15. The Bertz CT molecular complexity index is 257. The van der Waals surface area contributed by atoms with E-state index in [1.54, 1.807) is 0 Å². The van der Waals surface area contributed by atoms with Gasteiger partial charge in [0.1, 0.15) is 0 Å². The van der Waals surface area contributed by atoms with E-state index in [9.17, 15) is 0 Å². The zero-order valence-electron chi connectivity index (χ0n) is 15.9. The summed E-state index contributed by atoms with van der Waals surface area (Å²) in [6.45, 7) is 4.55. The summed E-state index contributed by atoms with van der Waals surface area (Å²) in [5.41, 5.74) is 1.31. The monoisotopic (exact) mass is 326 g/mol. The first-order valence-electron chi connectivity index (χ1n) is 10.1. The highest BCUT2D eigenvalue weighted by Gasteiger charge is 2.05. The van der Waals surface area contributed by atoms with Gasteiger partial charge in [-0.25, -0.2) is 0 Å². The zero-order chi connectivity index (χ0) is 17.2. The molecule has 0 aromatic heterocycles. The third-order valence-electron chi connectivity index (χ3n) is 4.68. The lowest BCUT2D eigenvalue weighted by atomic mass is 10.0. The van der Waals surface area contributed by atoms with Crippen LogP contribution in [0.25, 0.3) is 0 Å². The number of unbranched alkanes of at least 4 members (excludes halogenated alkanes) is 12. The molecule has 0 heterocycles. The molecule has 0 amide bonds. The number of aliphatic hydroxyl groups is 2. The van der Waals surface area contributed by atoms with Gasteiger partial charge in [0.05, 0.1) is 0 Å². The van der Waals surface area contributed by atoms with E-state index in [0.717, 1.165) is 12.8 Å². The Kier molecular flexibility index (Phi) is 17.7. The van der Waals surface area contributed by atoms with Gasteiger partial charge in [0, 0.05) is 19.1 Å². The maximum absolute atomic E-state index is 9.07. The molecule has 0 aromatic rings. The minimum Gasteiger partial charge on any atom is -0.396 e. The Morgan fingerprint density at radius 2 is 1.17 bits per heavy atom. The zero-order valence-corrected chi connectivity index (χ0v) is 15.9. The normalized spacial score (nSPS) is 12.3. The van der Waals surface area contributed by atoms with Gasteiger partial charge in [-0.1, -0.05) is 89.2 Å². The van der Waals surface area contributed by atoms with Crippen molar-refractivity contribution in [2.45, 2.75) is 104 Å². The first-order valence-corrected chi connectivity index (χ1v) is 10.1. The van der Waals surface area contributed by atoms with Crippen LogP contribution in [-0.2, 0) is 0 Å². The van der Waals surface area contributed by atoms with Gasteiger partial charge in [-0.3, -0.25) is 0 Å². The SMILES string of the molecule is CCCCCCCCCCCCCC/C=C(\C)CC(CO)CO. The molecule has 0 aliphatic carbocycles. The van der Waals surface area contributed by atoms with Crippen molar-refractivity contribution >= 4 is 0 Å². The molecule has 0 aliphatic heterocycles. The average molecular weight is 327 g/mol. The van der Waals surface area contributed by atoms with E-state index in [2.05, 4.69) is 19.9 Å². The molecule has 0 radical (unpaired) electrons. The molecule has 2 nitrogen and oxygen atoms in total. The summed E-state index contributed by atoms with van der Waals surface area (Å²) >= 11 is 0. The molecule has 0 saturated heterocycles. The molecule has 0 aliphatic rings. The third kappa shape index (κ3) is 16.3. The van der Waals surface area contributed by atoms with Crippen molar-refractivity contribution < 1.29 is 10.2 Å². The second-order valence-electron chi connectivity index (χ2n) is 7.16. The molecule has 2 heteroatoms. The maximum atomic E-state index is 9.07. The third-order valence-corrected chi connectivity index (χ3v) is 4.68. The summed E-state index contributed by atoms with van der Waals surface area (Å²) in [6.07, 6.45) is 21.0. The van der Waals surface area contributed by atoms with Crippen LogP contribution in [0.1, 0.15) is 104 Å². The van der Waals surface area contributed by atoms with E-state index in [1.807, 2.05) is 0 Å². The Hall–Kier alpha value is -0.340. The molecular formula is C21H42O2. The van der Waals surface area contributed by atoms with Crippen molar-refractivity contribution in [3.8, 4) is 0 Å². The van der Waals surface area contributed by atoms with Gasteiger partial charge >= 0.3 is 0 Å². The molecule has 0 saturated carbocycles. The minimum atomic E-state index is 0.0215. The van der Waals surface area contributed by atoms with Crippen molar-refractivity contribution in [1.82, 2.24) is 0 Å². The van der Waals surface area contributed by atoms with Crippen molar-refractivity contribution in [3.05, 3.63) is 11.6 Å². The summed E-state index contributed by atoms with van der Waals surface area (Å²) in [5.74, 6) is 0.0215. The van der Waals surface area contributed by atoms with Crippen LogP contribution in [0.3, 0.4) is 0 Å². The lowest BCUT2D eigenvalue weighted by Gasteiger charge is -2.10. The first kappa shape index (κ1) is 22.7. The number of aliphatic hydroxyl groups excluding tert-OH is 2. The van der Waals surface area contributed by atoms with Crippen LogP contribution in [0.2, 0.25) is 0 Å². The molecule has 0 spiro atoms. The van der Waals surface area contributed by atoms with Crippen LogP contribution in [0, 0.1) is 5.92 Å². The molecule has 0 rings (SSSR count). The largest absolute Gasteiger partial charge is 0.396 e. The fraction of sp³-hybridized carbons (Fsp3) is 0.905. The Morgan fingerprint density at radius 1 is 0.739 bits per heavy atom. The summed E-state index contributed by atoms with van der Waals surface area (Å²) in [7, 11) is 0. The van der Waals surface area contributed by atoms with E-state index >= 15 is 0 Å². The predicted molar refractivity (Wildman–Crippen MR) is 102 cm³/mol. The molecule has 23 heavy (non-hydrogen) atoms. The average Bonchev–Trinajstić information content (AvgIpc) is 2.56. The fourth-order valence-electron chi connectivity index (χ4n) is 3.06. The van der Waals surface area contributed by atoms with Crippen molar-refractivity contribution in [2.75, 3.05) is 13.2 Å². The van der Waals surface area contributed by atoms with E-state index in [1.165, 1.54) is 82.6 Å². The van der Waals surface area contributed by atoms with Gasteiger partial charge < -0.3 is 10.2 Å². The summed E-state index contributed by atoms with van der Waals surface area (Å²) in [5, 5.41) is 18.1. The molecule has 0 unspecified atom stereocenters. The molecule has 138 valence electrons. The summed E-state index contributed by atoms with van der Waals surface area (Å²) < 4.78 is 0. The number of hydrogen-bond acceptors (Lipinski definition) is 2. The molecule has 2 N–H and O–H groups in total. The van der Waals surface area contributed by atoms with Crippen molar-refractivity contribution in [2.24, 2.45) is 5.92 Å². The van der Waals surface area contributed by atoms with Crippen LogP contribution in [0.4, 0.5) is 0 Å². The van der Waals surface area contributed by atoms with Gasteiger partial charge in [0.15, 0.2) is 0 Å². The molecular weight excluding hydrogens is 284 g/mol. The van der Waals surface area contributed by atoms with Gasteiger partial charge in [-0.15, -0.1) is 0 Å². The van der Waals surface area contributed by atoms with Gasteiger partial charge in [0.2, 0.25) is 0 Å². The molecule has 0 fully saturated rings. The second kappa shape index (κ2) is 18.0. The number of rotatable bonds is 17. The van der Waals surface area contributed by atoms with E-state index < -0.39 is 0 Å². The maximum Gasteiger partial charge on any atom is 0.0484 e. The van der Waals surface area contributed by atoms with E-state index in [0.29, 0.717) is 0 Å². The van der Waals surface area contributed by atoms with Gasteiger partial charge in [0.25, 0.3) is 0 Å². The first-order chi connectivity index (χ1) is 11.2. The van der Waals surface area contributed by atoms with Crippen LogP contribution in [0.5, 0.6) is 0 Å². The topological polar surface area (TPSA) is 40.5 Å². The smallest absolute Gasteiger partial charge is 0.0484 e. The number of allylic oxidation sites excluding steroid dienone is 2. The summed E-state index contributed by atoms with van der Waals surface area (Å²) in [4.78, 5) is 0. The quantitative estimate of drug-likeness (QED) is 0.254. The summed E-state index contributed by atoms with van der Waals surface area (Å²) in [6, 6.07) is 0. The standard InChI is InChI=1S/C21H42O2/c1-3-4-5-6-7-8-9-10-11-12-13-14-15-16-20(2)17-21(18-22)19-23/h16,21-23H,3-15,17-19H2,1-2H3/b20-16+. The molecule has 0 atom stereocenters. The highest BCUT2D eigenvalue weighted by molar-refractivity contribution is 4.99. The second-order valence-corrected chi connectivity index (χ2v) is 7.16. The Balaban J connectivity index is 3.29. The fourth-order valence-corrected chi connectivity index (χ4v) is 3.06. The van der Waals surface area contributed by atoms with Gasteiger partial charge in [-0.2, -0.15) is 0 Å². The van der Waals surface area contributed by atoms with Crippen molar-refractivity contribution in [3.63, 3.8) is 0 Å². The van der Waals surface area contributed by atoms with Crippen LogP contribution >= 0.6 is 0 Å². The Labute approximate surface area is 145 Å². The lowest BCUT2D eigenvalue weighted by molar-refractivity contribution is 0.150. The molecule has 0 bridgehead atoms.